The van der Waals surface area contributed by atoms with E-state index in [0.717, 1.165) is 26.2 Å². The Hall–Kier alpha value is -1.13. The average Bonchev–Trinajstić information content (AvgIpc) is 2.81. The van der Waals surface area contributed by atoms with Crippen LogP contribution in [0.4, 0.5) is 5.69 Å². The zero-order valence-electron chi connectivity index (χ0n) is 14.1. The molecule has 4 heteroatoms. The van der Waals surface area contributed by atoms with Crippen LogP contribution in [0.25, 0.3) is 0 Å². The van der Waals surface area contributed by atoms with Crippen molar-refractivity contribution in [3.8, 4) is 0 Å². The van der Waals surface area contributed by atoms with Gasteiger partial charge in [-0.1, -0.05) is 20.8 Å². The average molecular weight is 290 g/mol. The number of hydrogen-bond donors (Lipinski definition) is 1. The van der Waals surface area contributed by atoms with Crippen LogP contribution in [0.15, 0.2) is 18.5 Å². The first-order valence-electron chi connectivity index (χ1n) is 8.04. The molecule has 1 aliphatic heterocycles. The SMILES string of the molecule is CC(C)CNCc1ccncc1N1CC(C)C(N(C)C)C1. The summed E-state index contributed by atoms with van der Waals surface area (Å²) in [6, 6.07) is 2.78. The Morgan fingerprint density at radius 3 is 2.76 bits per heavy atom. The number of rotatable bonds is 6. The van der Waals surface area contributed by atoms with Crippen LogP contribution in [0.2, 0.25) is 0 Å². The Bertz CT molecular complexity index is 444. The fraction of sp³-hybridized carbons (Fsp3) is 0.706. The van der Waals surface area contributed by atoms with Gasteiger partial charge in [0, 0.05) is 31.9 Å². The van der Waals surface area contributed by atoms with Crippen molar-refractivity contribution in [2.45, 2.75) is 33.4 Å². The maximum atomic E-state index is 4.34. The third-order valence-corrected chi connectivity index (χ3v) is 4.33. The molecule has 0 spiro atoms. The zero-order chi connectivity index (χ0) is 15.4. The molecule has 0 aromatic carbocycles. The van der Waals surface area contributed by atoms with Crippen molar-refractivity contribution in [3.05, 3.63) is 24.0 Å². The van der Waals surface area contributed by atoms with E-state index in [1.165, 1.54) is 11.3 Å². The smallest absolute Gasteiger partial charge is 0.0598 e. The number of likely N-dealkylation sites (N-methyl/N-ethyl adjacent to an activating group) is 1. The third-order valence-electron chi connectivity index (χ3n) is 4.33. The molecule has 2 atom stereocenters. The lowest BCUT2D eigenvalue weighted by Crippen LogP contribution is -2.34. The monoisotopic (exact) mass is 290 g/mol. The molecule has 1 saturated heterocycles. The largest absolute Gasteiger partial charge is 0.368 e. The van der Waals surface area contributed by atoms with Crippen LogP contribution in [0, 0.1) is 11.8 Å². The molecule has 0 bridgehead atoms. The molecule has 1 aromatic heterocycles. The van der Waals surface area contributed by atoms with Crippen LogP contribution in [0.3, 0.4) is 0 Å². The van der Waals surface area contributed by atoms with Crippen molar-refractivity contribution in [1.82, 2.24) is 15.2 Å². The molecular formula is C17H30N4. The fourth-order valence-electron chi connectivity index (χ4n) is 3.16. The summed E-state index contributed by atoms with van der Waals surface area (Å²) < 4.78 is 0. The highest BCUT2D eigenvalue weighted by atomic mass is 15.2. The first kappa shape index (κ1) is 16.2. The van der Waals surface area contributed by atoms with Crippen LogP contribution in [-0.2, 0) is 6.54 Å². The van der Waals surface area contributed by atoms with Gasteiger partial charge in [-0.05, 0) is 44.1 Å². The van der Waals surface area contributed by atoms with Crippen molar-refractivity contribution in [3.63, 3.8) is 0 Å². The molecule has 0 saturated carbocycles. The molecule has 0 amide bonds. The summed E-state index contributed by atoms with van der Waals surface area (Å²) in [5.74, 6) is 1.37. The second-order valence-electron chi connectivity index (χ2n) is 6.94. The van der Waals surface area contributed by atoms with Crippen LogP contribution >= 0.6 is 0 Å². The van der Waals surface area contributed by atoms with Gasteiger partial charge in [-0.3, -0.25) is 4.98 Å². The first-order valence-corrected chi connectivity index (χ1v) is 8.04. The van der Waals surface area contributed by atoms with Gasteiger partial charge in [0.05, 0.1) is 11.9 Å². The van der Waals surface area contributed by atoms with E-state index in [9.17, 15) is 0 Å². The number of hydrogen-bond acceptors (Lipinski definition) is 4. The molecule has 2 unspecified atom stereocenters. The summed E-state index contributed by atoms with van der Waals surface area (Å²) in [4.78, 5) is 9.18. The molecule has 0 radical (unpaired) electrons. The van der Waals surface area contributed by atoms with Gasteiger partial charge in [-0.2, -0.15) is 0 Å². The molecule has 118 valence electrons. The number of nitrogens with one attached hydrogen (secondary N) is 1. The van der Waals surface area contributed by atoms with Gasteiger partial charge >= 0.3 is 0 Å². The highest BCUT2D eigenvalue weighted by molar-refractivity contribution is 5.53. The van der Waals surface area contributed by atoms with Crippen LogP contribution < -0.4 is 10.2 Å². The number of anilines is 1. The van der Waals surface area contributed by atoms with E-state index >= 15 is 0 Å². The lowest BCUT2D eigenvalue weighted by Gasteiger charge is -2.24. The van der Waals surface area contributed by atoms with Crippen molar-refractivity contribution in [2.24, 2.45) is 11.8 Å². The molecule has 2 rings (SSSR count). The summed E-state index contributed by atoms with van der Waals surface area (Å²) in [6.45, 7) is 11.0. The minimum atomic E-state index is 0.627. The molecule has 1 N–H and O–H groups in total. The van der Waals surface area contributed by atoms with E-state index < -0.39 is 0 Å². The van der Waals surface area contributed by atoms with Crippen molar-refractivity contribution >= 4 is 5.69 Å². The van der Waals surface area contributed by atoms with Gasteiger partial charge in [0.25, 0.3) is 0 Å². The lowest BCUT2D eigenvalue weighted by atomic mass is 10.1. The maximum Gasteiger partial charge on any atom is 0.0598 e. The predicted octanol–water partition coefficient (Wildman–Crippen LogP) is 2.21. The van der Waals surface area contributed by atoms with E-state index in [1.54, 1.807) is 0 Å². The summed E-state index contributed by atoms with van der Waals surface area (Å²) >= 11 is 0. The van der Waals surface area contributed by atoms with E-state index in [2.05, 4.69) is 61.0 Å². The molecule has 1 aliphatic rings. The van der Waals surface area contributed by atoms with Crippen LogP contribution in [0.1, 0.15) is 26.3 Å². The molecule has 21 heavy (non-hydrogen) atoms. The third kappa shape index (κ3) is 4.17. The highest BCUT2D eigenvalue weighted by Gasteiger charge is 2.31. The molecular weight excluding hydrogens is 260 g/mol. The van der Waals surface area contributed by atoms with Gasteiger partial charge in [0.2, 0.25) is 0 Å². The Morgan fingerprint density at radius 2 is 2.14 bits per heavy atom. The number of aromatic nitrogens is 1. The highest BCUT2D eigenvalue weighted by Crippen LogP contribution is 2.28. The predicted molar refractivity (Wildman–Crippen MR) is 89.6 cm³/mol. The summed E-state index contributed by atoms with van der Waals surface area (Å²) in [6.07, 6.45) is 3.93. The Balaban J connectivity index is 2.06. The van der Waals surface area contributed by atoms with E-state index in [4.69, 9.17) is 0 Å². The van der Waals surface area contributed by atoms with Gasteiger partial charge in [-0.15, -0.1) is 0 Å². The van der Waals surface area contributed by atoms with Gasteiger partial charge < -0.3 is 15.1 Å². The number of pyridine rings is 1. The second-order valence-corrected chi connectivity index (χ2v) is 6.94. The summed E-state index contributed by atoms with van der Waals surface area (Å²) in [5, 5.41) is 3.55. The summed E-state index contributed by atoms with van der Waals surface area (Å²) in [5.41, 5.74) is 2.65. The minimum absolute atomic E-state index is 0.627. The van der Waals surface area contributed by atoms with Crippen LogP contribution in [0.5, 0.6) is 0 Å². The van der Waals surface area contributed by atoms with E-state index in [1.807, 2.05) is 12.4 Å². The second kappa shape index (κ2) is 7.23. The zero-order valence-corrected chi connectivity index (χ0v) is 14.1. The van der Waals surface area contributed by atoms with Crippen molar-refractivity contribution in [1.29, 1.82) is 0 Å². The summed E-state index contributed by atoms with van der Waals surface area (Å²) in [7, 11) is 4.36. The fourth-order valence-corrected chi connectivity index (χ4v) is 3.16. The van der Waals surface area contributed by atoms with Gasteiger partial charge in [0.1, 0.15) is 0 Å². The Labute approximate surface area is 129 Å². The van der Waals surface area contributed by atoms with E-state index in [-0.39, 0.29) is 0 Å². The van der Waals surface area contributed by atoms with Crippen molar-refractivity contribution < 1.29 is 0 Å². The van der Waals surface area contributed by atoms with Crippen molar-refractivity contribution in [2.75, 3.05) is 38.6 Å². The maximum absolute atomic E-state index is 4.34. The lowest BCUT2D eigenvalue weighted by molar-refractivity contribution is 0.266. The standard InChI is InChI=1S/C17H30N4/c1-13(2)8-19-9-15-6-7-18-10-16(15)21-11-14(3)17(12-21)20(4)5/h6-7,10,13-14,17,19H,8-9,11-12H2,1-5H3. The topological polar surface area (TPSA) is 31.4 Å². The Kier molecular flexibility index (Phi) is 5.59. The molecule has 2 heterocycles. The van der Waals surface area contributed by atoms with E-state index in [0.29, 0.717) is 17.9 Å². The minimum Gasteiger partial charge on any atom is -0.368 e. The molecule has 1 aromatic rings. The Morgan fingerprint density at radius 1 is 1.38 bits per heavy atom. The molecule has 4 nitrogen and oxygen atoms in total. The normalized spacial score (nSPS) is 22.5. The van der Waals surface area contributed by atoms with Gasteiger partial charge in [-0.25, -0.2) is 0 Å². The van der Waals surface area contributed by atoms with Crippen LogP contribution in [-0.4, -0.2) is 49.7 Å². The molecule has 0 aliphatic carbocycles. The van der Waals surface area contributed by atoms with Gasteiger partial charge in [0.15, 0.2) is 0 Å². The quantitative estimate of drug-likeness (QED) is 0.870. The number of nitrogens with zero attached hydrogens (tertiary/aromatic N) is 3. The molecule has 1 fully saturated rings. The first-order chi connectivity index (χ1) is 9.99.